The molecule has 12 heteroatoms. The van der Waals surface area contributed by atoms with Gasteiger partial charge in [0.2, 0.25) is 5.91 Å². The van der Waals surface area contributed by atoms with Crippen molar-refractivity contribution in [3.63, 3.8) is 0 Å². The van der Waals surface area contributed by atoms with Crippen LogP contribution < -0.4 is 10.1 Å². The molecule has 3 saturated heterocycles. The first-order chi connectivity index (χ1) is 21.5. The number of rotatable bonds is 7. The maximum Gasteiger partial charge on any atom is 0.433 e. The molecule has 0 radical (unpaired) electrons. The Labute approximate surface area is 258 Å². The van der Waals surface area contributed by atoms with E-state index in [1.54, 1.807) is 4.90 Å². The van der Waals surface area contributed by atoms with Crippen molar-refractivity contribution in [1.82, 2.24) is 20.1 Å². The van der Waals surface area contributed by atoms with Gasteiger partial charge < -0.3 is 24.6 Å². The molecule has 1 N–H and O–H groups in total. The third kappa shape index (κ3) is 7.22. The van der Waals surface area contributed by atoms with Crippen molar-refractivity contribution in [1.29, 1.82) is 0 Å². The van der Waals surface area contributed by atoms with E-state index in [0.29, 0.717) is 30.0 Å². The van der Waals surface area contributed by atoms with E-state index in [1.807, 2.05) is 6.92 Å². The molecule has 3 aromatic rings. The van der Waals surface area contributed by atoms with E-state index in [1.165, 1.54) is 36.4 Å². The molecule has 2 aromatic carbocycles. The molecule has 6 rings (SSSR count). The monoisotopic (exact) mass is 628 g/mol. The van der Waals surface area contributed by atoms with Gasteiger partial charge in [0.15, 0.2) is 0 Å². The fraction of sp³-hybridized carbons (Fsp3) is 0.485. The van der Waals surface area contributed by atoms with Gasteiger partial charge in [-0.2, -0.15) is 13.2 Å². The second-order valence-corrected chi connectivity index (χ2v) is 12.3. The summed E-state index contributed by atoms with van der Waals surface area (Å²) in [7, 11) is 0. The summed E-state index contributed by atoms with van der Waals surface area (Å²) in [5.74, 6) is -0.727. The molecule has 0 bridgehead atoms. The second-order valence-electron chi connectivity index (χ2n) is 12.3. The summed E-state index contributed by atoms with van der Waals surface area (Å²) in [6.45, 7) is 5.78. The van der Waals surface area contributed by atoms with Gasteiger partial charge in [-0.05, 0) is 68.0 Å². The van der Waals surface area contributed by atoms with Gasteiger partial charge >= 0.3 is 6.18 Å². The van der Waals surface area contributed by atoms with Crippen molar-refractivity contribution >= 4 is 22.7 Å². The van der Waals surface area contributed by atoms with Gasteiger partial charge in [-0.25, -0.2) is 9.37 Å². The lowest BCUT2D eigenvalue weighted by Gasteiger charge is -2.39. The molecule has 8 nitrogen and oxygen atoms in total. The number of carbonyl (C=O) groups is 2. The fourth-order valence-electron chi connectivity index (χ4n) is 6.49. The van der Waals surface area contributed by atoms with Crippen molar-refractivity contribution in [2.45, 2.75) is 63.8 Å². The number of alkyl halides is 3. The second kappa shape index (κ2) is 12.9. The van der Waals surface area contributed by atoms with Crippen LogP contribution in [0, 0.1) is 11.7 Å². The Hall–Kier alpha value is -3.77. The normalized spacial score (nSPS) is 20.6. The van der Waals surface area contributed by atoms with Crippen LogP contribution in [-0.2, 0) is 22.3 Å². The van der Waals surface area contributed by atoms with Crippen molar-refractivity contribution in [3.8, 4) is 11.5 Å². The Bertz CT molecular complexity index is 1570. The number of benzene rings is 2. The molecule has 0 aliphatic carbocycles. The zero-order valence-corrected chi connectivity index (χ0v) is 25.0. The molecule has 3 aliphatic heterocycles. The molecule has 1 unspecified atom stereocenters. The summed E-state index contributed by atoms with van der Waals surface area (Å²) >= 11 is 0. The molecule has 0 spiro atoms. The Kier molecular flexibility index (Phi) is 8.96. The van der Waals surface area contributed by atoms with Crippen LogP contribution >= 0.6 is 0 Å². The minimum atomic E-state index is -4.57. The van der Waals surface area contributed by atoms with Crippen LogP contribution in [0.15, 0.2) is 42.5 Å². The largest absolute Gasteiger partial charge is 0.457 e. The summed E-state index contributed by atoms with van der Waals surface area (Å²) in [5, 5.41) is 3.40. The summed E-state index contributed by atoms with van der Waals surface area (Å²) in [4.78, 5) is 33.7. The molecular formula is C33H36F4N4O4. The topological polar surface area (TPSA) is 84.0 Å². The number of fused-ring (bicyclic) bond motifs is 1. The van der Waals surface area contributed by atoms with Gasteiger partial charge in [0, 0.05) is 68.8 Å². The molecule has 3 fully saturated rings. The Morgan fingerprint density at radius 3 is 2.51 bits per heavy atom. The Morgan fingerprint density at radius 2 is 1.82 bits per heavy atom. The summed E-state index contributed by atoms with van der Waals surface area (Å²) in [5.41, 5.74) is -0.670. The van der Waals surface area contributed by atoms with Crippen LogP contribution in [0.2, 0.25) is 0 Å². The number of halogens is 4. The highest BCUT2D eigenvalue weighted by atomic mass is 19.4. The predicted molar refractivity (Wildman–Crippen MR) is 158 cm³/mol. The highest BCUT2D eigenvalue weighted by molar-refractivity contribution is 5.95. The number of likely N-dealkylation sites (tertiary alicyclic amines) is 2. The molecule has 240 valence electrons. The SMILES string of the molecule is CC1CC(=O)N(Cc2cc(F)c(C(=O)NC3CCN(C4CCOCC4)CC3)cc2Oc2ccc3nc(C(F)(F)F)ccc3c2)C1. The van der Waals surface area contributed by atoms with Crippen LogP contribution in [-0.4, -0.2) is 71.5 Å². The molecule has 2 amide bonds. The minimum Gasteiger partial charge on any atom is -0.457 e. The first-order valence-corrected chi connectivity index (χ1v) is 15.4. The van der Waals surface area contributed by atoms with Crippen molar-refractivity contribution in [2.24, 2.45) is 5.92 Å². The maximum absolute atomic E-state index is 15.5. The zero-order chi connectivity index (χ0) is 31.7. The maximum atomic E-state index is 15.5. The van der Waals surface area contributed by atoms with Gasteiger partial charge in [-0.15, -0.1) is 0 Å². The van der Waals surface area contributed by atoms with Crippen LogP contribution in [0.5, 0.6) is 11.5 Å². The molecule has 4 heterocycles. The smallest absolute Gasteiger partial charge is 0.433 e. The molecular weight excluding hydrogens is 592 g/mol. The average Bonchev–Trinajstić information content (AvgIpc) is 3.34. The zero-order valence-electron chi connectivity index (χ0n) is 25.0. The van der Waals surface area contributed by atoms with E-state index in [9.17, 15) is 22.8 Å². The molecule has 1 aromatic heterocycles. The molecule has 0 saturated carbocycles. The van der Waals surface area contributed by atoms with Crippen LogP contribution in [0.25, 0.3) is 10.9 Å². The number of aromatic nitrogens is 1. The van der Waals surface area contributed by atoms with Gasteiger partial charge in [-0.1, -0.05) is 13.0 Å². The summed E-state index contributed by atoms with van der Waals surface area (Å²) in [6, 6.07) is 9.57. The van der Waals surface area contributed by atoms with Gasteiger partial charge in [0.1, 0.15) is 23.0 Å². The van der Waals surface area contributed by atoms with Crippen LogP contribution in [0.1, 0.15) is 60.6 Å². The lowest BCUT2D eigenvalue weighted by molar-refractivity contribution is -0.141. The Morgan fingerprint density at radius 1 is 1.07 bits per heavy atom. The quantitative estimate of drug-likeness (QED) is 0.327. The van der Waals surface area contributed by atoms with Gasteiger partial charge in [0.25, 0.3) is 5.91 Å². The number of nitrogens with zero attached hydrogens (tertiary/aromatic N) is 3. The Balaban J connectivity index is 1.22. The lowest BCUT2D eigenvalue weighted by atomic mass is 9.99. The number of amides is 2. The summed E-state index contributed by atoms with van der Waals surface area (Å²) < 4.78 is 66.6. The van der Waals surface area contributed by atoms with E-state index in [2.05, 4.69) is 15.2 Å². The number of carbonyl (C=O) groups excluding carboxylic acids is 2. The van der Waals surface area contributed by atoms with Crippen LogP contribution in [0.4, 0.5) is 17.6 Å². The standard InChI is InChI=1S/C33H36F4N4O4/c1-20-14-31(42)41(18-20)19-22-16-27(34)26(32(43)38-23-6-10-40(11-7-23)24-8-12-44-13-9-24)17-29(22)45-25-3-4-28-21(15-25)2-5-30(39-28)33(35,36)37/h2-5,15-17,20,23-24H,6-14,18-19H2,1H3,(H,38,43). The van der Waals surface area contributed by atoms with E-state index in [0.717, 1.165) is 58.1 Å². The third-order valence-corrected chi connectivity index (χ3v) is 8.91. The van der Waals surface area contributed by atoms with E-state index < -0.39 is 23.6 Å². The molecule has 3 aliphatic rings. The van der Waals surface area contributed by atoms with E-state index in [-0.39, 0.29) is 47.0 Å². The lowest BCUT2D eigenvalue weighted by Crippen LogP contribution is -2.49. The minimum absolute atomic E-state index is 0.0555. The highest BCUT2D eigenvalue weighted by Gasteiger charge is 2.33. The van der Waals surface area contributed by atoms with Crippen molar-refractivity contribution in [3.05, 3.63) is 65.1 Å². The molecule has 45 heavy (non-hydrogen) atoms. The van der Waals surface area contributed by atoms with Crippen molar-refractivity contribution < 1.29 is 36.6 Å². The predicted octanol–water partition coefficient (Wildman–Crippen LogP) is 5.93. The van der Waals surface area contributed by atoms with Gasteiger partial charge in [-0.3, -0.25) is 9.59 Å². The number of ether oxygens (including phenoxy) is 2. The number of nitrogens with one attached hydrogen (secondary N) is 1. The molecule has 1 atom stereocenters. The van der Waals surface area contributed by atoms with Crippen LogP contribution in [0.3, 0.4) is 0 Å². The van der Waals surface area contributed by atoms with Gasteiger partial charge in [0.05, 0.1) is 11.1 Å². The first-order valence-electron chi connectivity index (χ1n) is 15.4. The summed E-state index contributed by atoms with van der Waals surface area (Å²) in [6.07, 6.45) is -0.672. The highest BCUT2D eigenvalue weighted by Crippen LogP contribution is 2.34. The number of piperidine rings is 1. The van der Waals surface area contributed by atoms with E-state index in [4.69, 9.17) is 9.47 Å². The average molecular weight is 629 g/mol. The van der Waals surface area contributed by atoms with Crippen molar-refractivity contribution in [2.75, 3.05) is 32.8 Å². The first kappa shape index (κ1) is 31.2. The fourth-order valence-corrected chi connectivity index (χ4v) is 6.49. The number of pyridine rings is 1. The number of hydrogen-bond donors (Lipinski definition) is 1. The third-order valence-electron chi connectivity index (χ3n) is 8.91. The van der Waals surface area contributed by atoms with E-state index >= 15 is 4.39 Å². The number of hydrogen-bond acceptors (Lipinski definition) is 6.